The van der Waals surface area contributed by atoms with Gasteiger partial charge in [-0.05, 0) is 36.8 Å². The average Bonchev–Trinajstić information content (AvgIpc) is 2.25. The Kier molecular flexibility index (Phi) is 6.12. The summed E-state index contributed by atoms with van der Waals surface area (Å²) < 4.78 is 5.16. The molecule has 0 saturated heterocycles. The molecule has 0 heterocycles. The van der Waals surface area contributed by atoms with Crippen molar-refractivity contribution >= 4 is 27.7 Å². The SMILES string of the molecule is COc1cccc(SCCCCBr)c1. The highest BCUT2D eigenvalue weighted by Crippen LogP contribution is 2.23. The Morgan fingerprint density at radius 2 is 2.21 bits per heavy atom. The molecule has 0 unspecified atom stereocenters. The first-order valence-corrected chi connectivity index (χ1v) is 6.80. The highest BCUT2D eigenvalue weighted by molar-refractivity contribution is 9.09. The number of rotatable bonds is 6. The summed E-state index contributed by atoms with van der Waals surface area (Å²) in [5, 5.41) is 1.10. The van der Waals surface area contributed by atoms with Crippen LogP contribution < -0.4 is 4.74 Å². The van der Waals surface area contributed by atoms with Crippen molar-refractivity contribution in [3.8, 4) is 5.75 Å². The van der Waals surface area contributed by atoms with Gasteiger partial charge < -0.3 is 4.74 Å². The molecule has 0 N–H and O–H groups in total. The van der Waals surface area contributed by atoms with Gasteiger partial charge in [0.2, 0.25) is 0 Å². The van der Waals surface area contributed by atoms with Crippen molar-refractivity contribution < 1.29 is 4.74 Å². The van der Waals surface area contributed by atoms with E-state index in [2.05, 4.69) is 28.1 Å². The zero-order valence-electron chi connectivity index (χ0n) is 8.33. The molecule has 0 aromatic heterocycles. The first kappa shape index (κ1) is 11.9. The summed E-state index contributed by atoms with van der Waals surface area (Å²) >= 11 is 5.32. The van der Waals surface area contributed by atoms with Crippen LogP contribution >= 0.6 is 27.7 Å². The van der Waals surface area contributed by atoms with Gasteiger partial charge in [-0.2, -0.15) is 0 Å². The van der Waals surface area contributed by atoms with Crippen LogP contribution in [0.25, 0.3) is 0 Å². The number of ether oxygens (including phenoxy) is 1. The summed E-state index contributed by atoms with van der Waals surface area (Å²) in [4.78, 5) is 1.29. The van der Waals surface area contributed by atoms with Gasteiger partial charge in [-0.1, -0.05) is 22.0 Å². The van der Waals surface area contributed by atoms with Crippen LogP contribution in [0, 0.1) is 0 Å². The van der Waals surface area contributed by atoms with E-state index >= 15 is 0 Å². The number of unbranched alkanes of at least 4 members (excludes halogenated alkanes) is 1. The van der Waals surface area contributed by atoms with Crippen molar-refractivity contribution in [2.24, 2.45) is 0 Å². The molecule has 78 valence electrons. The van der Waals surface area contributed by atoms with Gasteiger partial charge in [-0.15, -0.1) is 11.8 Å². The second-order valence-corrected chi connectivity index (χ2v) is 4.88. The van der Waals surface area contributed by atoms with Crippen molar-refractivity contribution in [3.63, 3.8) is 0 Å². The Bertz CT molecular complexity index is 265. The molecule has 0 spiro atoms. The quantitative estimate of drug-likeness (QED) is 0.441. The van der Waals surface area contributed by atoms with E-state index in [-0.39, 0.29) is 0 Å². The van der Waals surface area contributed by atoms with E-state index in [4.69, 9.17) is 4.74 Å². The molecule has 1 aromatic carbocycles. The van der Waals surface area contributed by atoms with Crippen LogP contribution in [-0.2, 0) is 0 Å². The van der Waals surface area contributed by atoms with Gasteiger partial charge in [-0.3, -0.25) is 0 Å². The Hall–Kier alpha value is -0.150. The fourth-order valence-corrected chi connectivity index (χ4v) is 2.43. The molecule has 0 saturated carbocycles. The molecule has 1 nitrogen and oxygen atoms in total. The van der Waals surface area contributed by atoms with Gasteiger partial charge in [-0.25, -0.2) is 0 Å². The maximum absolute atomic E-state index is 5.16. The van der Waals surface area contributed by atoms with E-state index in [9.17, 15) is 0 Å². The largest absolute Gasteiger partial charge is 0.497 e. The lowest BCUT2D eigenvalue weighted by Gasteiger charge is -2.03. The first-order valence-electron chi connectivity index (χ1n) is 4.69. The van der Waals surface area contributed by atoms with E-state index in [1.54, 1.807) is 7.11 Å². The summed E-state index contributed by atoms with van der Waals surface area (Å²) in [6.45, 7) is 0. The molecule has 0 aliphatic heterocycles. The minimum Gasteiger partial charge on any atom is -0.497 e. The monoisotopic (exact) mass is 274 g/mol. The lowest BCUT2D eigenvalue weighted by Crippen LogP contribution is -1.84. The smallest absolute Gasteiger partial charge is 0.119 e. The van der Waals surface area contributed by atoms with E-state index < -0.39 is 0 Å². The van der Waals surface area contributed by atoms with Crippen LogP contribution in [-0.4, -0.2) is 18.2 Å². The van der Waals surface area contributed by atoms with Crippen LogP contribution in [0.4, 0.5) is 0 Å². The highest BCUT2D eigenvalue weighted by atomic mass is 79.9. The van der Waals surface area contributed by atoms with Crippen molar-refractivity contribution in [1.82, 2.24) is 0 Å². The second-order valence-electron chi connectivity index (χ2n) is 2.92. The lowest BCUT2D eigenvalue weighted by atomic mass is 10.3. The summed E-state index contributed by atoms with van der Waals surface area (Å²) in [6.07, 6.45) is 2.50. The van der Waals surface area contributed by atoms with E-state index in [1.165, 1.54) is 23.5 Å². The Morgan fingerprint density at radius 1 is 1.36 bits per heavy atom. The van der Waals surface area contributed by atoms with Crippen LogP contribution in [0.5, 0.6) is 5.75 Å². The molecular formula is C11H15BrOS. The van der Waals surface area contributed by atoms with Gasteiger partial charge >= 0.3 is 0 Å². The first-order chi connectivity index (χ1) is 6.86. The number of hydrogen-bond donors (Lipinski definition) is 0. The molecule has 3 heteroatoms. The number of benzene rings is 1. The van der Waals surface area contributed by atoms with Crippen LogP contribution in [0.15, 0.2) is 29.2 Å². The van der Waals surface area contributed by atoms with Crippen molar-refractivity contribution in [2.45, 2.75) is 17.7 Å². The molecule has 0 fully saturated rings. The third kappa shape index (κ3) is 4.38. The molecule has 0 aliphatic rings. The van der Waals surface area contributed by atoms with Crippen molar-refractivity contribution in [1.29, 1.82) is 0 Å². The molecule has 0 amide bonds. The minimum absolute atomic E-state index is 0.940. The molecule has 0 atom stereocenters. The fourth-order valence-electron chi connectivity index (χ4n) is 1.08. The van der Waals surface area contributed by atoms with E-state index in [1.807, 2.05) is 23.9 Å². The van der Waals surface area contributed by atoms with Crippen molar-refractivity contribution in [2.75, 3.05) is 18.2 Å². The molecule has 14 heavy (non-hydrogen) atoms. The number of methoxy groups -OCH3 is 1. The predicted molar refractivity (Wildman–Crippen MR) is 66.7 cm³/mol. The average molecular weight is 275 g/mol. The van der Waals surface area contributed by atoms with E-state index in [0.29, 0.717) is 0 Å². The molecule has 0 aliphatic carbocycles. The summed E-state index contributed by atoms with van der Waals surface area (Å²) in [6, 6.07) is 8.22. The molecule has 1 aromatic rings. The third-order valence-electron chi connectivity index (χ3n) is 1.84. The number of alkyl halides is 1. The number of thioether (sulfide) groups is 1. The summed E-state index contributed by atoms with van der Waals surface area (Å²) in [5.74, 6) is 2.12. The maximum atomic E-state index is 5.16. The fraction of sp³-hybridized carbons (Fsp3) is 0.455. The maximum Gasteiger partial charge on any atom is 0.119 e. The predicted octanol–water partition coefficient (Wildman–Crippen LogP) is 3.96. The molecule has 0 radical (unpaired) electrons. The van der Waals surface area contributed by atoms with Crippen LogP contribution in [0.3, 0.4) is 0 Å². The molecular weight excluding hydrogens is 260 g/mol. The second kappa shape index (κ2) is 7.18. The van der Waals surface area contributed by atoms with Gasteiger partial charge in [0.1, 0.15) is 5.75 Å². The Morgan fingerprint density at radius 3 is 2.93 bits per heavy atom. The van der Waals surface area contributed by atoms with Gasteiger partial charge in [0.05, 0.1) is 7.11 Å². The minimum atomic E-state index is 0.940. The van der Waals surface area contributed by atoms with Crippen LogP contribution in [0.2, 0.25) is 0 Å². The topological polar surface area (TPSA) is 9.23 Å². The van der Waals surface area contributed by atoms with Crippen LogP contribution in [0.1, 0.15) is 12.8 Å². The zero-order chi connectivity index (χ0) is 10.2. The summed E-state index contributed by atoms with van der Waals surface area (Å²) in [5.41, 5.74) is 0. The Balaban J connectivity index is 2.34. The summed E-state index contributed by atoms with van der Waals surface area (Å²) in [7, 11) is 1.70. The van der Waals surface area contributed by atoms with Gasteiger partial charge in [0.15, 0.2) is 0 Å². The number of hydrogen-bond acceptors (Lipinski definition) is 2. The molecule has 1 rings (SSSR count). The third-order valence-corrected chi connectivity index (χ3v) is 3.48. The highest BCUT2D eigenvalue weighted by Gasteiger charge is 1.96. The number of halogens is 1. The zero-order valence-corrected chi connectivity index (χ0v) is 10.7. The lowest BCUT2D eigenvalue weighted by molar-refractivity contribution is 0.413. The van der Waals surface area contributed by atoms with E-state index in [0.717, 1.165) is 11.1 Å². The van der Waals surface area contributed by atoms with Gasteiger partial charge in [0, 0.05) is 10.2 Å². The van der Waals surface area contributed by atoms with Gasteiger partial charge in [0.25, 0.3) is 0 Å². The van der Waals surface area contributed by atoms with Crippen molar-refractivity contribution in [3.05, 3.63) is 24.3 Å². The molecule has 0 bridgehead atoms. The normalized spacial score (nSPS) is 10.1. The Labute approximate surface area is 98.4 Å². The standard InChI is InChI=1S/C11H15BrOS/c1-13-10-5-4-6-11(9-10)14-8-3-2-7-12/h4-6,9H,2-3,7-8H2,1H3.